The molecule has 2 N–H and O–H groups in total. The van der Waals surface area contributed by atoms with Gasteiger partial charge in [0.1, 0.15) is 6.54 Å². The van der Waals surface area contributed by atoms with Crippen molar-refractivity contribution in [2.45, 2.75) is 18.9 Å². The van der Waals surface area contributed by atoms with Crippen molar-refractivity contribution in [3.63, 3.8) is 0 Å². The number of amides is 2. The molecule has 1 aliphatic rings. The molecule has 0 aromatic heterocycles. The molecular weight excluding hydrogens is 396 g/mol. The topological polar surface area (TPSA) is 119 Å². The molecule has 2 amide bonds. The molecular formula is C20H22N2O6S. The standard InChI is InChI=1S/C20H22N2O6S/c23-18(10-15-6-3-5-14-4-1-2-7-17(14)15)21-11-20(25)28-12-19(24)22-16-8-9-29(26,27)13-16/h1-7,16H,8-13H2,(H,21,23)(H,22,24)/t16-/m1/s1. The lowest BCUT2D eigenvalue weighted by Gasteiger charge is -2.11. The van der Waals surface area contributed by atoms with Crippen molar-refractivity contribution in [3.05, 3.63) is 48.0 Å². The number of ether oxygens (including phenoxy) is 1. The van der Waals surface area contributed by atoms with Gasteiger partial charge in [-0.3, -0.25) is 14.4 Å². The van der Waals surface area contributed by atoms with Crippen LogP contribution in [0.4, 0.5) is 0 Å². The van der Waals surface area contributed by atoms with Gasteiger partial charge in [-0.05, 0) is 22.8 Å². The van der Waals surface area contributed by atoms with Gasteiger partial charge in [-0.15, -0.1) is 0 Å². The summed E-state index contributed by atoms with van der Waals surface area (Å²) in [5.74, 6) is -1.70. The fourth-order valence-corrected chi connectivity index (χ4v) is 4.90. The highest BCUT2D eigenvalue weighted by atomic mass is 32.2. The number of hydrogen-bond acceptors (Lipinski definition) is 6. The van der Waals surface area contributed by atoms with E-state index in [1.165, 1.54) is 0 Å². The Balaban J connectivity index is 1.40. The zero-order valence-corrected chi connectivity index (χ0v) is 16.5. The number of sulfone groups is 1. The lowest BCUT2D eigenvalue weighted by atomic mass is 10.0. The summed E-state index contributed by atoms with van der Waals surface area (Å²) in [7, 11) is -3.10. The van der Waals surface area contributed by atoms with E-state index in [9.17, 15) is 22.8 Å². The molecule has 29 heavy (non-hydrogen) atoms. The SMILES string of the molecule is O=C(Cc1cccc2ccccc12)NCC(=O)OCC(=O)N[C@@H]1CCS(=O)(=O)C1. The molecule has 2 aromatic rings. The third kappa shape index (κ3) is 6.02. The molecule has 1 heterocycles. The highest BCUT2D eigenvalue weighted by Gasteiger charge is 2.29. The maximum Gasteiger partial charge on any atom is 0.325 e. The second-order valence-corrected chi connectivity index (χ2v) is 9.15. The summed E-state index contributed by atoms with van der Waals surface area (Å²) in [6.45, 7) is -0.872. The van der Waals surface area contributed by atoms with Crippen LogP contribution >= 0.6 is 0 Å². The van der Waals surface area contributed by atoms with Crippen molar-refractivity contribution >= 4 is 38.4 Å². The first kappa shape index (κ1) is 20.8. The van der Waals surface area contributed by atoms with Gasteiger partial charge in [-0.1, -0.05) is 42.5 Å². The summed E-state index contributed by atoms with van der Waals surface area (Å²) >= 11 is 0. The van der Waals surface area contributed by atoms with Crippen molar-refractivity contribution in [2.24, 2.45) is 0 Å². The van der Waals surface area contributed by atoms with Crippen molar-refractivity contribution in [2.75, 3.05) is 24.7 Å². The molecule has 0 bridgehead atoms. The lowest BCUT2D eigenvalue weighted by molar-refractivity contribution is -0.148. The number of benzene rings is 2. The number of fused-ring (bicyclic) bond motifs is 1. The summed E-state index contributed by atoms with van der Waals surface area (Å²) in [6.07, 6.45) is 0.470. The molecule has 2 aromatic carbocycles. The maximum absolute atomic E-state index is 12.1. The van der Waals surface area contributed by atoms with Crippen LogP contribution in [0.25, 0.3) is 10.8 Å². The van der Waals surface area contributed by atoms with Crippen LogP contribution in [-0.2, 0) is 35.4 Å². The van der Waals surface area contributed by atoms with Gasteiger partial charge in [0.25, 0.3) is 5.91 Å². The molecule has 3 rings (SSSR count). The Bertz CT molecular complexity index is 1030. The minimum atomic E-state index is -3.10. The molecule has 154 valence electrons. The van der Waals surface area contributed by atoms with E-state index in [0.29, 0.717) is 6.42 Å². The zero-order valence-electron chi connectivity index (χ0n) is 15.7. The molecule has 0 unspecified atom stereocenters. The van der Waals surface area contributed by atoms with Crippen LogP contribution in [0.1, 0.15) is 12.0 Å². The van der Waals surface area contributed by atoms with Crippen molar-refractivity contribution in [3.8, 4) is 0 Å². The quantitative estimate of drug-likeness (QED) is 0.626. The van der Waals surface area contributed by atoms with Gasteiger partial charge >= 0.3 is 5.97 Å². The fourth-order valence-electron chi connectivity index (χ4n) is 3.23. The van der Waals surface area contributed by atoms with Crippen LogP contribution in [0, 0.1) is 0 Å². The molecule has 0 saturated carbocycles. The highest BCUT2D eigenvalue weighted by Crippen LogP contribution is 2.18. The molecule has 0 radical (unpaired) electrons. The number of carbonyl (C=O) groups is 3. The predicted molar refractivity (Wildman–Crippen MR) is 107 cm³/mol. The smallest absolute Gasteiger partial charge is 0.325 e. The van der Waals surface area contributed by atoms with E-state index in [0.717, 1.165) is 16.3 Å². The van der Waals surface area contributed by atoms with Crippen molar-refractivity contribution in [1.82, 2.24) is 10.6 Å². The van der Waals surface area contributed by atoms with E-state index in [-0.39, 0.29) is 30.4 Å². The first-order valence-corrected chi connectivity index (χ1v) is 11.0. The summed E-state index contributed by atoms with van der Waals surface area (Å²) in [5, 5.41) is 7.00. The molecule has 9 heteroatoms. The number of rotatable bonds is 7. The Kier molecular flexibility index (Phi) is 6.48. The number of carbonyl (C=O) groups excluding carboxylic acids is 3. The largest absolute Gasteiger partial charge is 0.454 e. The van der Waals surface area contributed by atoms with Gasteiger partial charge in [-0.25, -0.2) is 8.42 Å². The zero-order chi connectivity index (χ0) is 20.9. The van der Waals surface area contributed by atoms with Crippen LogP contribution in [-0.4, -0.2) is 56.9 Å². The van der Waals surface area contributed by atoms with E-state index in [2.05, 4.69) is 10.6 Å². The van der Waals surface area contributed by atoms with Crippen LogP contribution in [0.15, 0.2) is 42.5 Å². The van der Waals surface area contributed by atoms with E-state index in [1.54, 1.807) is 0 Å². The summed E-state index contributed by atoms with van der Waals surface area (Å²) < 4.78 is 27.5. The van der Waals surface area contributed by atoms with Crippen LogP contribution < -0.4 is 10.6 Å². The fraction of sp³-hybridized carbons (Fsp3) is 0.350. The second kappa shape index (κ2) is 9.04. The number of esters is 1. The Hall–Kier alpha value is -2.94. The van der Waals surface area contributed by atoms with E-state index < -0.39 is 34.4 Å². The normalized spacial score (nSPS) is 17.6. The first-order chi connectivity index (χ1) is 13.8. The van der Waals surface area contributed by atoms with Gasteiger partial charge in [0, 0.05) is 6.04 Å². The van der Waals surface area contributed by atoms with E-state index in [4.69, 9.17) is 4.74 Å². The summed E-state index contributed by atoms with van der Waals surface area (Å²) in [5.41, 5.74) is 0.847. The highest BCUT2D eigenvalue weighted by molar-refractivity contribution is 7.91. The van der Waals surface area contributed by atoms with Gasteiger partial charge in [0.05, 0.1) is 17.9 Å². The van der Waals surface area contributed by atoms with Gasteiger partial charge in [-0.2, -0.15) is 0 Å². The Morgan fingerprint density at radius 2 is 1.79 bits per heavy atom. The van der Waals surface area contributed by atoms with Gasteiger partial charge in [0.15, 0.2) is 16.4 Å². The summed E-state index contributed by atoms with van der Waals surface area (Å²) in [4.78, 5) is 35.6. The molecule has 8 nitrogen and oxygen atoms in total. The van der Waals surface area contributed by atoms with Crippen molar-refractivity contribution in [1.29, 1.82) is 0 Å². The predicted octanol–water partition coefficient (Wildman–Crippen LogP) is 0.345. The first-order valence-electron chi connectivity index (χ1n) is 9.21. The van der Waals surface area contributed by atoms with E-state index in [1.807, 2.05) is 42.5 Å². The second-order valence-electron chi connectivity index (χ2n) is 6.92. The van der Waals surface area contributed by atoms with Gasteiger partial charge < -0.3 is 15.4 Å². The Morgan fingerprint density at radius 1 is 1.03 bits per heavy atom. The average Bonchev–Trinajstić information content (AvgIpc) is 3.03. The van der Waals surface area contributed by atoms with E-state index >= 15 is 0 Å². The lowest BCUT2D eigenvalue weighted by Crippen LogP contribution is -2.39. The molecule has 1 atom stereocenters. The minimum Gasteiger partial charge on any atom is -0.454 e. The maximum atomic E-state index is 12.1. The van der Waals surface area contributed by atoms with Crippen LogP contribution in [0.5, 0.6) is 0 Å². The third-order valence-electron chi connectivity index (χ3n) is 4.62. The Labute approximate surface area is 168 Å². The van der Waals surface area contributed by atoms with Crippen LogP contribution in [0.2, 0.25) is 0 Å². The third-order valence-corrected chi connectivity index (χ3v) is 6.39. The number of nitrogens with one attached hydrogen (secondary N) is 2. The molecule has 1 saturated heterocycles. The molecule has 1 fully saturated rings. The monoisotopic (exact) mass is 418 g/mol. The van der Waals surface area contributed by atoms with Crippen molar-refractivity contribution < 1.29 is 27.5 Å². The number of hydrogen-bond donors (Lipinski definition) is 2. The van der Waals surface area contributed by atoms with Gasteiger partial charge in [0.2, 0.25) is 5.91 Å². The Morgan fingerprint density at radius 3 is 2.55 bits per heavy atom. The van der Waals surface area contributed by atoms with Crippen LogP contribution in [0.3, 0.4) is 0 Å². The minimum absolute atomic E-state index is 0.0421. The average molecular weight is 418 g/mol. The molecule has 0 aliphatic carbocycles. The molecule has 1 aliphatic heterocycles. The molecule has 0 spiro atoms. The summed E-state index contributed by atoms with van der Waals surface area (Å²) in [6, 6.07) is 12.9.